The Kier molecular flexibility index (Phi) is 8.58. The van der Waals surface area contributed by atoms with Crippen molar-refractivity contribution in [1.29, 1.82) is 0 Å². The Hall–Kier alpha value is -2.05. The van der Waals surface area contributed by atoms with Gasteiger partial charge in [-0.05, 0) is 55.0 Å². The molecule has 6 heteroatoms. The van der Waals surface area contributed by atoms with Crippen molar-refractivity contribution in [2.75, 3.05) is 18.6 Å². The Bertz CT molecular complexity index is 1050. The summed E-state index contributed by atoms with van der Waals surface area (Å²) in [5, 5.41) is 0. The van der Waals surface area contributed by atoms with E-state index in [0.717, 1.165) is 54.0 Å². The van der Waals surface area contributed by atoms with E-state index < -0.39 is 0 Å². The highest BCUT2D eigenvalue weighted by Gasteiger charge is 2.10. The van der Waals surface area contributed by atoms with Gasteiger partial charge in [-0.25, -0.2) is 0 Å². The Balaban J connectivity index is 1.90. The van der Waals surface area contributed by atoms with Crippen LogP contribution in [-0.2, 0) is 13.0 Å². The summed E-state index contributed by atoms with van der Waals surface area (Å²) in [7, 11) is 0. The summed E-state index contributed by atoms with van der Waals surface area (Å²) in [6, 6.07) is 13.9. The first-order valence-electron chi connectivity index (χ1n) is 10.6. The molecule has 0 aliphatic carbocycles. The third-order valence-electron chi connectivity index (χ3n) is 4.97. The lowest BCUT2D eigenvalue weighted by Gasteiger charge is -2.06. The zero-order valence-electron chi connectivity index (χ0n) is 18.0. The van der Waals surface area contributed by atoms with Gasteiger partial charge in [0.15, 0.2) is 4.80 Å². The second-order valence-electron chi connectivity index (χ2n) is 7.19. The molecule has 0 fully saturated rings. The van der Waals surface area contributed by atoms with Crippen LogP contribution in [0.5, 0.6) is 5.75 Å². The third-order valence-corrected chi connectivity index (χ3v) is 6.60. The molecule has 0 saturated carbocycles. The van der Waals surface area contributed by atoms with Gasteiger partial charge in [-0.1, -0.05) is 50.2 Å². The van der Waals surface area contributed by atoms with Gasteiger partial charge in [0.05, 0.1) is 16.8 Å². The minimum absolute atomic E-state index is 0.228. The second kappa shape index (κ2) is 11.4. The Labute approximate surface area is 187 Å². The van der Waals surface area contributed by atoms with Crippen LogP contribution in [0.15, 0.2) is 47.5 Å². The van der Waals surface area contributed by atoms with Crippen LogP contribution in [0.25, 0.3) is 10.2 Å². The number of aromatic nitrogens is 1. The van der Waals surface area contributed by atoms with Crippen molar-refractivity contribution in [2.45, 2.75) is 46.1 Å². The van der Waals surface area contributed by atoms with Gasteiger partial charge < -0.3 is 9.30 Å². The molecule has 3 rings (SSSR count). The number of hydrogen-bond donors (Lipinski definition) is 0. The number of thiazole rings is 1. The molecule has 0 aliphatic heterocycles. The van der Waals surface area contributed by atoms with Gasteiger partial charge >= 0.3 is 0 Å². The van der Waals surface area contributed by atoms with E-state index in [4.69, 9.17) is 4.74 Å². The fraction of sp³-hybridized carbons (Fsp3) is 0.417. The number of amides is 1. The standard InChI is InChI=1S/C24H30N2O2S2/c1-4-6-7-14-28-20-10-8-9-19(17-20)23(27)25-24-26(13-15-29-3)21-12-11-18(5-2)16-22(21)30-24/h8-12,16-17H,4-7,13-15H2,1-3H3. The largest absolute Gasteiger partial charge is 0.494 e. The van der Waals surface area contributed by atoms with Crippen LogP contribution in [0.1, 0.15) is 49.0 Å². The number of carbonyl (C=O) groups excluding carboxylic acids is 1. The topological polar surface area (TPSA) is 43.6 Å². The molecule has 0 saturated heterocycles. The average Bonchev–Trinajstić information content (AvgIpc) is 3.11. The molecule has 0 bridgehead atoms. The van der Waals surface area contributed by atoms with Crippen molar-refractivity contribution >= 4 is 39.2 Å². The number of fused-ring (bicyclic) bond motifs is 1. The molecule has 0 aliphatic rings. The van der Waals surface area contributed by atoms with E-state index in [1.807, 2.05) is 12.1 Å². The number of unbranched alkanes of at least 4 members (excludes halogenated alkanes) is 2. The number of carbonyl (C=O) groups is 1. The highest BCUT2D eigenvalue weighted by Crippen LogP contribution is 2.21. The quantitative estimate of drug-likeness (QED) is 0.365. The molecule has 0 atom stereocenters. The molecule has 160 valence electrons. The van der Waals surface area contributed by atoms with Crippen LogP contribution in [0.3, 0.4) is 0 Å². The number of benzene rings is 2. The maximum atomic E-state index is 12.9. The number of ether oxygens (including phenoxy) is 1. The van der Waals surface area contributed by atoms with Gasteiger partial charge in [0.25, 0.3) is 5.91 Å². The molecule has 2 aromatic carbocycles. The van der Waals surface area contributed by atoms with Gasteiger partial charge in [0.1, 0.15) is 5.75 Å². The van der Waals surface area contributed by atoms with Crippen LogP contribution < -0.4 is 9.54 Å². The van der Waals surface area contributed by atoms with Crippen LogP contribution in [0, 0.1) is 0 Å². The Morgan fingerprint density at radius 3 is 2.80 bits per heavy atom. The van der Waals surface area contributed by atoms with E-state index in [1.165, 1.54) is 10.3 Å². The number of rotatable bonds is 10. The fourth-order valence-electron chi connectivity index (χ4n) is 3.23. The van der Waals surface area contributed by atoms with Crippen molar-refractivity contribution in [1.82, 2.24) is 4.57 Å². The second-order valence-corrected chi connectivity index (χ2v) is 9.18. The fourth-order valence-corrected chi connectivity index (χ4v) is 4.72. The average molecular weight is 443 g/mol. The zero-order chi connectivity index (χ0) is 21.3. The smallest absolute Gasteiger partial charge is 0.279 e. The van der Waals surface area contributed by atoms with Crippen LogP contribution in [-0.4, -0.2) is 29.1 Å². The molecule has 1 amide bonds. The number of aryl methyl sites for hydroxylation is 2. The predicted molar refractivity (Wildman–Crippen MR) is 129 cm³/mol. The molecule has 0 N–H and O–H groups in total. The molecule has 0 spiro atoms. The summed E-state index contributed by atoms with van der Waals surface area (Å²) in [4.78, 5) is 18.2. The first kappa shape index (κ1) is 22.6. The van der Waals surface area contributed by atoms with Crippen molar-refractivity contribution in [3.63, 3.8) is 0 Å². The highest BCUT2D eigenvalue weighted by molar-refractivity contribution is 7.98. The lowest BCUT2D eigenvalue weighted by Crippen LogP contribution is -2.18. The Morgan fingerprint density at radius 2 is 2.03 bits per heavy atom. The molecule has 0 radical (unpaired) electrons. The highest BCUT2D eigenvalue weighted by atomic mass is 32.2. The van der Waals surface area contributed by atoms with Crippen molar-refractivity contribution in [2.24, 2.45) is 4.99 Å². The summed E-state index contributed by atoms with van der Waals surface area (Å²) in [6.07, 6.45) is 6.42. The van der Waals surface area contributed by atoms with E-state index in [2.05, 4.69) is 47.9 Å². The molecular formula is C24H30N2O2S2. The predicted octanol–water partition coefficient (Wildman–Crippen LogP) is 5.94. The van der Waals surface area contributed by atoms with Crippen LogP contribution >= 0.6 is 23.1 Å². The van der Waals surface area contributed by atoms with E-state index in [9.17, 15) is 4.79 Å². The minimum atomic E-state index is -0.228. The van der Waals surface area contributed by atoms with Crippen LogP contribution in [0.4, 0.5) is 0 Å². The van der Waals surface area contributed by atoms with Crippen molar-refractivity contribution in [3.8, 4) is 5.75 Å². The number of hydrogen-bond acceptors (Lipinski definition) is 4. The van der Waals surface area contributed by atoms with E-state index in [-0.39, 0.29) is 5.91 Å². The minimum Gasteiger partial charge on any atom is -0.494 e. The molecule has 3 aromatic rings. The summed E-state index contributed by atoms with van der Waals surface area (Å²) in [5.74, 6) is 1.48. The van der Waals surface area contributed by atoms with Crippen molar-refractivity contribution in [3.05, 3.63) is 58.4 Å². The molecule has 4 nitrogen and oxygen atoms in total. The van der Waals surface area contributed by atoms with Crippen LogP contribution in [0.2, 0.25) is 0 Å². The maximum Gasteiger partial charge on any atom is 0.279 e. The van der Waals surface area contributed by atoms with Gasteiger partial charge in [-0.15, -0.1) is 0 Å². The van der Waals surface area contributed by atoms with E-state index >= 15 is 0 Å². The van der Waals surface area contributed by atoms with Gasteiger partial charge in [0.2, 0.25) is 0 Å². The monoisotopic (exact) mass is 442 g/mol. The third kappa shape index (κ3) is 5.76. The molecule has 1 aromatic heterocycles. The first-order chi connectivity index (χ1) is 14.7. The van der Waals surface area contributed by atoms with E-state index in [1.54, 1.807) is 35.2 Å². The summed E-state index contributed by atoms with van der Waals surface area (Å²) in [5.41, 5.74) is 3.00. The van der Waals surface area contributed by atoms with Crippen molar-refractivity contribution < 1.29 is 9.53 Å². The lowest BCUT2D eigenvalue weighted by atomic mass is 10.2. The zero-order valence-corrected chi connectivity index (χ0v) is 19.7. The van der Waals surface area contributed by atoms with Gasteiger partial charge in [-0.2, -0.15) is 16.8 Å². The molecule has 1 heterocycles. The first-order valence-corrected chi connectivity index (χ1v) is 12.8. The van der Waals surface area contributed by atoms with Gasteiger partial charge in [-0.3, -0.25) is 4.79 Å². The lowest BCUT2D eigenvalue weighted by molar-refractivity contribution is 0.0997. The SMILES string of the molecule is CCCCCOc1cccc(C(=O)N=c2sc3cc(CC)ccc3n2CCSC)c1. The Morgan fingerprint density at radius 1 is 1.17 bits per heavy atom. The maximum absolute atomic E-state index is 12.9. The molecular weight excluding hydrogens is 412 g/mol. The molecule has 30 heavy (non-hydrogen) atoms. The number of nitrogens with zero attached hydrogens (tertiary/aromatic N) is 2. The molecule has 0 unspecified atom stereocenters. The van der Waals surface area contributed by atoms with Gasteiger partial charge in [0, 0.05) is 17.9 Å². The van der Waals surface area contributed by atoms with E-state index in [0.29, 0.717) is 12.2 Å². The number of thioether (sulfide) groups is 1. The summed E-state index contributed by atoms with van der Waals surface area (Å²) >= 11 is 3.38. The normalized spacial score (nSPS) is 11.9. The summed E-state index contributed by atoms with van der Waals surface area (Å²) in [6.45, 7) is 5.83. The summed E-state index contributed by atoms with van der Waals surface area (Å²) < 4.78 is 9.14.